The quantitative estimate of drug-likeness (QED) is 0.681. The first-order chi connectivity index (χ1) is 12.7. The molecule has 1 aliphatic carbocycles. The van der Waals surface area contributed by atoms with Gasteiger partial charge in [-0.25, -0.2) is 4.79 Å². The van der Waals surface area contributed by atoms with E-state index in [9.17, 15) is 9.59 Å². The smallest absolute Gasteiger partial charge is 0.407 e. The summed E-state index contributed by atoms with van der Waals surface area (Å²) < 4.78 is 5.14. The van der Waals surface area contributed by atoms with Crippen molar-refractivity contribution in [2.24, 2.45) is 0 Å². The Hall–Kier alpha value is -3.06. The van der Waals surface area contributed by atoms with Crippen molar-refractivity contribution in [3.63, 3.8) is 0 Å². The molecule has 0 spiro atoms. The van der Waals surface area contributed by atoms with Crippen LogP contribution in [0.2, 0.25) is 0 Å². The van der Waals surface area contributed by atoms with Crippen LogP contribution in [-0.2, 0) is 29.0 Å². The molecule has 1 N–H and O–H groups in total. The van der Waals surface area contributed by atoms with Crippen LogP contribution in [0.1, 0.15) is 35.1 Å². The number of fused-ring (bicyclic) bond motifs is 1. The molecule has 1 amide bonds. The molecule has 0 heterocycles. The van der Waals surface area contributed by atoms with Crippen LogP contribution in [0, 0.1) is 11.8 Å². The van der Waals surface area contributed by atoms with Gasteiger partial charge in [-0.05, 0) is 35.2 Å². The molecule has 0 saturated carbocycles. The van der Waals surface area contributed by atoms with Gasteiger partial charge in [-0.1, -0.05) is 48.2 Å². The molecular weight excluding hydrogens is 326 g/mol. The van der Waals surface area contributed by atoms with E-state index < -0.39 is 6.09 Å². The summed E-state index contributed by atoms with van der Waals surface area (Å²) in [4.78, 5) is 23.1. The summed E-state index contributed by atoms with van der Waals surface area (Å²) >= 11 is 0. The number of benzene rings is 2. The Morgan fingerprint density at radius 2 is 1.92 bits per heavy atom. The molecule has 0 atom stereocenters. The van der Waals surface area contributed by atoms with Gasteiger partial charge in [0.15, 0.2) is 0 Å². The largest absolute Gasteiger partial charge is 0.445 e. The van der Waals surface area contributed by atoms with Crippen molar-refractivity contribution in [2.45, 2.75) is 32.3 Å². The van der Waals surface area contributed by atoms with E-state index >= 15 is 0 Å². The molecule has 0 saturated heterocycles. The second-order valence-corrected chi connectivity index (χ2v) is 6.24. The fraction of sp³-hybridized carbons (Fsp3) is 0.273. The fourth-order valence-electron chi connectivity index (χ4n) is 2.85. The molecular formula is C22H21NO3. The second-order valence-electron chi connectivity index (χ2n) is 6.24. The number of Topliss-reactive ketones (excluding diaryl/α,β-unsaturated/α-hetero) is 1. The molecule has 0 aromatic heterocycles. The molecule has 0 fully saturated rings. The van der Waals surface area contributed by atoms with Gasteiger partial charge in [0.1, 0.15) is 12.4 Å². The van der Waals surface area contributed by atoms with E-state index in [4.69, 9.17) is 4.74 Å². The predicted molar refractivity (Wildman–Crippen MR) is 99.6 cm³/mol. The van der Waals surface area contributed by atoms with Gasteiger partial charge in [0, 0.05) is 31.4 Å². The lowest BCUT2D eigenvalue weighted by Crippen LogP contribution is -2.24. The van der Waals surface area contributed by atoms with Gasteiger partial charge < -0.3 is 10.1 Å². The number of aryl methyl sites for hydroxylation is 1. The highest BCUT2D eigenvalue weighted by atomic mass is 16.5. The maximum Gasteiger partial charge on any atom is 0.407 e. The van der Waals surface area contributed by atoms with Crippen LogP contribution >= 0.6 is 0 Å². The van der Waals surface area contributed by atoms with Crippen LogP contribution in [0.4, 0.5) is 4.79 Å². The number of amides is 1. The molecule has 26 heavy (non-hydrogen) atoms. The zero-order chi connectivity index (χ0) is 18.2. The first-order valence-corrected chi connectivity index (χ1v) is 8.77. The van der Waals surface area contributed by atoms with Crippen molar-refractivity contribution in [3.8, 4) is 11.8 Å². The standard InChI is InChI=1S/C22H21NO3/c24-21-12-11-19-14-17(9-10-20(19)15-21)6-4-5-13-23-22(25)26-16-18-7-2-1-3-8-18/h1-3,7-10,14H,5,11-13,15-16H2,(H,23,25). The van der Waals surface area contributed by atoms with E-state index in [-0.39, 0.29) is 6.61 Å². The molecule has 4 heteroatoms. The Labute approximate surface area is 153 Å². The summed E-state index contributed by atoms with van der Waals surface area (Å²) in [6.45, 7) is 0.704. The number of ether oxygens (including phenoxy) is 1. The van der Waals surface area contributed by atoms with Gasteiger partial charge in [-0.2, -0.15) is 0 Å². The maximum atomic E-state index is 11.6. The summed E-state index contributed by atoms with van der Waals surface area (Å²) in [7, 11) is 0. The minimum absolute atomic E-state index is 0.260. The van der Waals surface area contributed by atoms with Gasteiger partial charge in [-0.15, -0.1) is 0 Å². The highest BCUT2D eigenvalue weighted by molar-refractivity contribution is 5.83. The molecule has 1 aliphatic rings. The first kappa shape index (κ1) is 17.8. The average Bonchev–Trinajstić information content (AvgIpc) is 2.67. The van der Waals surface area contributed by atoms with Crippen molar-refractivity contribution in [1.29, 1.82) is 0 Å². The fourth-order valence-corrected chi connectivity index (χ4v) is 2.85. The molecule has 2 aromatic carbocycles. The molecule has 0 unspecified atom stereocenters. The Morgan fingerprint density at radius 3 is 2.77 bits per heavy atom. The second kappa shape index (κ2) is 8.87. The third-order valence-electron chi connectivity index (χ3n) is 4.23. The molecule has 0 bridgehead atoms. The van der Waals surface area contributed by atoms with Gasteiger partial charge in [0.05, 0.1) is 0 Å². The number of hydrogen-bond donors (Lipinski definition) is 1. The van der Waals surface area contributed by atoms with Gasteiger partial charge >= 0.3 is 6.09 Å². The third kappa shape index (κ3) is 5.22. The average molecular weight is 347 g/mol. The number of carbonyl (C=O) groups is 2. The summed E-state index contributed by atoms with van der Waals surface area (Å²) in [5.41, 5.74) is 4.25. The van der Waals surface area contributed by atoms with Crippen LogP contribution in [-0.4, -0.2) is 18.4 Å². The Balaban J connectivity index is 1.40. The molecule has 0 radical (unpaired) electrons. The first-order valence-electron chi connectivity index (χ1n) is 8.77. The van der Waals surface area contributed by atoms with Crippen molar-refractivity contribution < 1.29 is 14.3 Å². The molecule has 3 rings (SSSR count). The lowest BCUT2D eigenvalue weighted by atomic mass is 9.90. The van der Waals surface area contributed by atoms with Gasteiger partial charge in [-0.3, -0.25) is 4.79 Å². The van der Waals surface area contributed by atoms with Crippen molar-refractivity contribution in [1.82, 2.24) is 5.32 Å². The van der Waals surface area contributed by atoms with Crippen LogP contribution in [0.5, 0.6) is 0 Å². The number of carbonyl (C=O) groups excluding carboxylic acids is 2. The molecule has 2 aromatic rings. The zero-order valence-electron chi connectivity index (χ0n) is 14.6. The number of nitrogens with one attached hydrogen (secondary N) is 1. The zero-order valence-corrected chi connectivity index (χ0v) is 14.6. The highest BCUT2D eigenvalue weighted by Crippen LogP contribution is 2.20. The lowest BCUT2D eigenvalue weighted by molar-refractivity contribution is -0.118. The summed E-state index contributed by atoms with van der Waals surface area (Å²) in [5, 5.41) is 2.69. The topological polar surface area (TPSA) is 55.4 Å². The summed E-state index contributed by atoms with van der Waals surface area (Å²) in [5.74, 6) is 6.48. The Morgan fingerprint density at radius 1 is 1.08 bits per heavy atom. The number of rotatable bonds is 4. The van der Waals surface area contributed by atoms with E-state index in [0.717, 1.165) is 23.1 Å². The monoisotopic (exact) mass is 347 g/mol. The van der Waals surface area contributed by atoms with Crippen molar-refractivity contribution >= 4 is 11.9 Å². The van der Waals surface area contributed by atoms with Gasteiger partial charge in [0.2, 0.25) is 0 Å². The minimum atomic E-state index is -0.436. The SMILES string of the molecule is O=C1CCc2cc(C#CCCNC(=O)OCc3ccccc3)ccc2C1. The van der Waals surface area contributed by atoms with Crippen LogP contribution in [0.3, 0.4) is 0 Å². The minimum Gasteiger partial charge on any atom is -0.445 e. The van der Waals surface area contributed by atoms with E-state index in [2.05, 4.69) is 23.2 Å². The van der Waals surface area contributed by atoms with E-state index in [1.54, 1.807) is 0 Å². The molecule has 4 nitrogen and oxygen atoms in total. The third-order valence-corrected chi connectivity index (χ3v) is 4.23. The lowest BCUT2D eigenvalue weighted by Gasteiger charge is -2.14. The van der Waals surface area contributed by atoms with E-state index in [0.29, 0.717) is 31.6 Å². The van der Waals surface area contributed by atoms with Crippen LogP contribution in [0.15, 0.2) is 48.5 Å². The number of ketones is 1. The van der Waals surface area contributed by atoms with Gasteiger partial charge in [0.25, 0.3) is 0 Å². The Kier molecular flexibility index (Phi) is 6.05. The van der Waals surface area contributed by atoms with Crippen LogP contribution < -0.4 is 5.32 Å². The van der Waals surface area contributed by atoms with E-state index in [1.165, 1.54) is 5.56 Å². The van der Waals surface area contributed by atoms with E-state index in [1.807, 2.05) is 42.5 Å². The van der Waals surface area contributed by atoms with Crippen molar-refractivity contribution in [2.75, 3.05) is 6.54 Å². The summed E-state index contributed by atoms with van der Waals surface area (Å²) in [6.07, 6.45) is 2.08. The highest BCUT2D eigenvalue weighted by Gasteiger charge is 2.15. The molecule has 132 valence electrons. The number of hydrogen-bond acceptors (Lipinski definition) is 3. The summed E-state index contributed by atoms with van der Waals surface area (Å²) in [6, 6.07) is 15.6. The Bertz CT molecular complexity index is 847. The maximum absolute atomic E-state index is 11.6. The molecule has 0 aliphatic heterocycles. The normalized spacial score (nSPS) is 12.5. The predicted octanol–water partition coefficient (Wildman–Crippen LogP) is 3.41. The number of alkyl carbamates (subject to hydrolysis) is 1. The van der Waals surface area contributed by atoms with Crippen molar-refractivity contribution in [3.05, 3.63) is 70.8 Å². The van der Waals surface area contributed by atoms with Crippen LogP contribution in [0.25, 0.3) is 0 Å².